The van der Waals surface area contributed by atoms with Crippen molar-refractivity contribution in [3.8, 4) is 0 Å². The smallest absolute Gasteiger partial charge is 0.261 e. The van der Waals surface area contributed by atoms with Crippen LogP contribution in [0.5, 0.6) is 0 Å². The van der Waals surface area contributed by atoms with Gasteiger partial charge in [0.2, 0.25) is 5.91 Å². The van der Waals surface area contributed by atoms with Gasteiger partial charge in [0.25, 0.3) is 5.56 Å². The van der Waals surface area contributed by atoms with E-state index in [0.717, 1.165) is 12.1 Å². The molecule has 1 heterocycles. The summed E-state index contributed by atoms with van der Waals surface area (Å²) in [5.74, 6) is 0.238. The van der Waals surface area contributed by atoms with Gasteiger partial charge in [-0.2, -0.15) is 0 Å². The van der Waals surface area contributed by atoms with Gasteiger partial charge in [0.05, 0.1) is 17.2 Å². The highest BCUT2D eigenvalue weighted by Crippen LogP contribution is 2.20. The molecule has 0 bridgehead atoms. The van der Waals surface area contributed by atoms with Crippen LogP contribution in [0.15, 0.2) is 59.7 Å². The van der Waals surface area contributed by atoms with E-state index in [1.54, 1.807) is 18.2 Å². The summed E-state index contributed by atoms with van der Waals surface area (Å²) in [5, 5.41) is 3.33. The normalized spacial score (nSPS) is 12.1. The van der Waals surface area contributed by atoms with Gasteiger partial charge in [0, 0.05) is 5.69 Å². The quantitative estimate of drug-likeness (QED) is 0.775. The zero-order valence-corrected chi connectivity index (χ0v) is 14.4. The zero-order chi connectivity index (χ0) is 17.8. The Labute approximate surface area is 146 Å². The van der Waals surface area contributed by atoms with E-state index in [-0.39, 0.29) is 18.0 Å². The average Bonchev–Trinajstić information content (AvgIpc) is 2.64. The van der Waals surface area contributed by atoms with Crippen LogP contribution in [0.3, 0.4) is 0 Å². The van der Waals surface area contributed by atoms with Crippen LogP contribution in [0.25, 0.3) is 10.9 Å². The minimum absolute atomic E-state index is 0.0657. The third kappa shape index (κ3) is 3.76. The molecule has 0 spiro atoms. The van der Waals surface area contributed by atoms with Crippen LogP contribution in [-0.4, -0.2) is 15.5 Å². The molecule has 1 aromatic heterocycles. The molecule has 5 nitrogen and oxygen atoms in total. The Morgan fingerprint density at radius 1 is 1.16 bits per heavy atom. The summed E-state index contributed by atoms with van der Waals surface area (Å²) in [7, 11) is 0. The molecule has 5 heteroatoms. The van der Waals surface area contributed by atoms with Gasteiger partial charge in [-0.15, -0.1) is 0 Å². The Bertz CT molecular complexity index is 945. The molecule has 1 unspecified atom stereocenters. The lowest BCUT2D eigenvalue weighted by molar-refractivity contribution is -0.116. The highest BCUT2D eigenvalue weighted by atomic mass is 16.2. The van der Waals surface area contributed by atoms with E-state index in [1.807, 2.05) is 30.3 Å². The number of carbonyl (C=O) groups is 1. The minimum atomic E-state index is -0.254. The summed E-state index contributed by atoms with van der Waals surface area (Å²) >= 11 is 0. The maximum atomic E-state index is 12.4. The number of hydrogen-bond acceptors (Lipinski definition) is 3. The number of benzene rings is 2. The summed E-state index contributed by atoms with van der Waals surface area (Å²) in [6.07, 6.45) is 2.49. The highest BCUT2D eigenvalue weighted by Gasteiger charge is 2.09. The van der Waals surface area contributed by atoms with E-state index in [0.29, 0.717) is 16.8 Å². The standard InChI is InChI=1S/C20H21N3O2/c1-3-14(2)15-8-10-16(11-9-15)22-19(24)12-23-13-21-18-7-5-4-6-17(18)20(23)25/h4-11,13-14H,3,12H2,1-2H3,(H,22,24). The van der Waals surface area contributed by atoms with Crippen LogP contribution in [0.2, 0.25) is 0 Å². The van der Waals surface area contributed by atoms with Crippen molar-refractivity contribution in [1.29, 1.82) is 0 Å². The minimum Gasteiger partial charge on any atom is -0.325 e. The molecule has 1 amide bonds. The summed E-state index contributed by atoms with van der Waals surface area (Å²) in [6, 6.07) is 14.9. The van der Waals surface area contributed by atoms with E-state index < -0.39 is 0 Å². The lowest BCUT2D eigenvalue weighted by Crippen LogP contribution is -2.27. The van der Waals surface area contributed by atoms with Crippen LogP contribution < -0.4 is 10.9 Å². The molecule has 2 aromatic carbocycles. The number of hydrogen-bond donors (Lipinski definition) is 1. The fraction of sp³-hybridized carbons (Fsp3) is 0.250. The first kappa shape index (κ1) is 16.9. The number of aromatic nitrogens is 2. The maximum absolute atomic E-state index is 12.4. The molecule has 0 aliphatic carbocycles. The van der Waals surface area contributed by atoms with Crippen molar-refractivity contribution in [2.75, 3.05) is 5.32 Å². The lowest BCUT2D eigenvalue weighted by Gasteiger charge is -2.11. The summed E-state index contributed by atoms with van der Waals surface area (Å²) in [5.41, 5.74) is 2.38. The number of nitrogens with zero attached hydrogens (tertiary/aromatic N) is 2. The van der Waals surface area contributed by atoms with Crippen molar-refractivity contribution >= 4 is 22.5 Å². The molecule has 0 saturated carbocycles. The van der Waals surface area contributed by atoms with Gasteiger partial charge >= 0.3 is 0 Å². The van der Waals surface area contributed by atoms with Crippen LogP contribution in [0, 0.1) is 0 Å². The van der Waals surface area contributed by atoms with Crippen LogP contribution in [0.4, 0.5) is 5.69 Å². The Morgan fingerprint density at radius 3 is 2.60 bits per heavy atom. The Kier molecular flexibility index (Phi) is 4.93. The molecule has 0 fully saturated rings. The molecule has 128 valence electrons. The number of nitrogens with one attached hydrogen (secondary N) is 1. The Hall–Kier alpha value is -2.95. The first-order chi connectivity index (χ1) is 12.1. The van der Waals surface area contributed by atoms with Crippen molar-refractivity contribution < 1.29 is 4.79 Å². The molecule has 3 aromatic rings. The highest BCUT2D eigenvalue weighted by molar-refractivity contribution is 5.90. The topological polar surface area (TPSA) is 64.0 Å². The monoisotopic (exact) mass is 335 g/mol. The second-order valence-corrected chi connectivity index (χ2v) is 6.17. The summed E-state index contributed by atoms with van der Waals surface area (Å²) < 4.78 is 1.32. The largest absolute Gasteiger partial charge is 0.325 e. The second kappa shape index (κ2) is 7.30. The lowest BCUT2D eigenvalue weighted by atomic mass is 9.99. The average molecular weight is 335 g/mol. The molecule has 0 saturated heterocycles. The fourth-order valence-corrected chi connectivity index (χ4v) is 2.70. The van der Waals surface area contributed by atoms with Gasteiger partial charge in [-0.25, -0.2) is 4.98 Å². The molecule has 25 heavy (non-hydrogen) atoms. The summed E-state index contributed by atoms with van der Waals surface area (Å²) in [6.45, 7) is 4.26. The second-order valence-electron chi connectivity index (χ2n) is 6.17. The van der Waals surface area contributed by atoms with E-state index in [2.05, 4.69) is 24.1 Å². The van der Waals surface area contributed by atoms with E-state index in [4.69, 9.17) is 0 Å². The maximum Gasteiger partial charge on any atom is 0.261 e. The van der Waals surface area contributed by atoms with Crippen molar-refractivity contribution in [2.24, 2.45) is 0 Å². The number of para-hydroxylation sites is 1. The first-order valence-corrected chi connectivity index (χ1v) is 8.42. The Morgan fingerprint density at radius 2 is 1.88 bits per heavy atom. The van der Waals surface area contributed by atoms with Crippen molar-refractivity contribution in [2.45, 2.75) is 32.7 Å². The molecule has 0 aliphatic heterocycles. The van der Waals surface area contributed by atoms with Crippen LogP contribution in [-0.2, 0) is 11.3 Å². The number of anilines is 1. The van der Waals surface area contributed by atoms with E-state index in [9.17, 15) is 9.59 Å². The van der Waals surface area contributed by atoms with E-state index >= 15 is 0 Å². The van der Waals surface area contributed by atoms with Crippen molar-refractivity contribution in [3.63, 3.8) is 0 Å². The third-order valence-electron chi connectivity index (χ3n) is 4.42. The number of fused-ring (bicyclic) bond motifs is 1. The molecule has 0 aliphatic rings. The summed E-state index contributed by atoms with van der Waals surface area (Å²) in [4.78, 5) is 28.9. The first-order valence-electron chi connectivity index (χ1n) is 8.42. The number of amides is 1. The van der Waals surface area contributed by atoms with Crippen LogP contribution in [0.1, 0.15) is 31.7 Å². The van der Waals surface area contributed by atoms with Gasteiger partial charge in [0.15, 0.2) is 0 Å². The zero-order valence-electron chi connectivity index (χ0n) is 14.4. The molecule has 1 atom stereocenters. The van der Waals surface area contributed by atoms with Crippen molar-refractivity contribution in [3.05, 3.63) is 70.8 Å². The van der Waals surface area contributed by atoms with Crippen molar-refractivity contribution in [1.82, 2.24) is 9.55 Å². The molecular formula is C20H21N3O2. The molecule has 1 N–H and O–H groups in total. The van der Waals surface area contributed by atoms with Gasteiger partial charge in [-0.1, -0.05) is 38.1 Å². The number of rotatable bonds is 5. The SMILES string of the molecule is CCC(C)c1ccc(NC(=O)Cn2cnc3ccccc3c2=O)cc1. The van der Waals surface area contributed by atoms with Gasteiger partial charge in [-0.3, -0.25) is 14.2 Å². The van der Waals surface area contributed by atoms with Gasteiger partial charge in [0.1, 0.15) is 6.54 Å². The predicted octanol–water partition coefficient (Wildman–Crippen LogP) is 3.55. The number of carbonyl (C=O) groups excluding carboxylic acids is 1. The fourth-order valence-electron chi connectivity index (χ4n) is 2.70. The van der Waals surface area contributed by atoms with Gasteiger partial charge < -0.3 is 5.32 Å². The molecule has 3 rings (SSSR count). The Balaban J connectivity index is 1.72. The molecular weight excluding hydrogens is 314 g/mol. The third-order valence-corrected chi connectivity index (χ3v) is 4.42. The molecule has 0 radical (unpaired) electrons. The van der Waals surface area contributed by atoms with Crippen LogP contribution >= 0.6 is 0 Å². The van der Waals surface area contributed by atoms with E-state index in [1.165, 1.54) is 16.5 Å². The predicted molar refractivity (Wildman–Crippen MR) is 99.8 cm³/mol. The van der Waals surface area contributed by atoms with Gasteiger partial charge in [-0.05, 0) is 42.2 Å².